The van der Waals surface area contributed by atoms with E-state index in [9.17, 15) is 19.4 Å². The summed E-state index contributed by atoms with van der Waals surface area (Å²) in [5.41, 5.74) is 0. The molecular weight excluding hydrogens is 623 g/mol. The molecule has 0 aliphatic heterocycles. The summed E-state index contributed by atoms with van der Waals surface area (Å²) in [4.78, 5) is 25.2. The highest BCUT2D eigenvalue weighted by molar-refractivity contribution is 7.45. The van der Waals surface area contributed by atoms with Gasteiger partial charge in [0.2, 0.25) is 5.91 Å². The maximum atomic E-state index is 12.8. The van der Waals surface area contributed by atoms with E-state index in [1.54, 1.807) is 0 Å². The van der Waals surface area contributed by atoms with Crippen LogP contribution in [0.3, 0.4) is 0 Å². The Kier molecular flexibility index (Phi) is 31.7. The molecule has 0 saturated heterocycles. The Morgan fingerprint density at radius 3 is 1.62 bits per heavy atom. The summed E-state index contributed by atoms with van der Waals surface area (Å²) in [6.07, 6.45) is 33.5. The molecule has 0 aromatic rings. The van der Waals surface area contributed by atoms with Gasteiger partial charge in [0.05, 0.1) is 39.9 Å². The fourth-order valence-electron chi connectivity index (χ4n) is 5.74. The number of rotatable bonds is 36. The molecule has 9 heteroatoms. The maximum absolute atomic E-state index is 12.8. The molecule has 0 bridgehead atoms. The van der Waals surface area contributed by atoms with Gasteiger partial charge in [-0.2, -0.15) is 0 Å². The summed E-state index contributed by atoms with van der Waals surface area (Å²) in [6.45, 7) is 4.68. The number of carbonyl (C=O) groups is 1. The van der Waals surface area contributed by atoms with Crippen LogP contribution in [0, 0.1) is 0 Å². The van der Waals surface area contributed by atoms with Crippen LogP contribution in [0.4, 0.5) is 0 Å². The number of nitrogens with zero attached hydrogens (tertiary/aromatic N) is 1. The number of amides is 1. The van der Waals surface area contributed by atoms with Gasteiger partial charge in [-0.3, -0.25) is 9.36 Å². The number of unbranched alkanes of at least 4 members (excludes halogenated alkanes) is 21. The lowest BCUT2D eigenvalue weighted by Crippen LogP contribution is -2.46. The van der Waals surface area contributed by atoms with Gasteiger partial charge in [0.1, 0.15) is 13.2 Å². The van der Waals surface area contributed by atoms with Crippen LogP contribution in [0.25, 0.3) is 0 Å². The minimum atomic E-state index is -4.56. The van der Waals surface area contributed by atoms with Crippen molar-refractivity contribution in [3.8, 4) is 0 Å². The normalized spacial score (nSPS) is 14.7. The lowest BCUT2D eigenvalue weighted by molar-refractivity contribution is -0.870. The van der Waals surface area contributed by atoms with Crippen molar-refractivity contribution in [3.05, 3.63) is 12.2 Å². The lowest BCUT2D eigenvalue weighted by Gasteiger charge is -2.30. The minimum absolute atomic E-state index is 0.00931. The number of aliphatic hydroxyl groups is 1. The zero-order valence-corrected chi connectivity index (χ0v) is 33.1. The number of hydrogen-bond donors (Lipinski definition) is 2. The first-order valence-electron chi connectivity index (χ1n) is 20.0. The Balaban J connectivity index is 4.47. The van der Waals surface area contributed by atoms with E-state index >= 15 is 0 Å². The number of hydrogen-bond acceptors (Lipinski definition) is 6. The van der Waals surface area contributed by atoms with Crippen molar-refractivity contribution in [1.82, 2.24) is 5.32 Å². The number of nitrogens with one attached hydrogen (secondary N) is 1. The van der Waals surface area contributed by atoms with Crippen LogP contribution >= 0.6 is 7.82 Å². The van der Waals surface area contributed by atoms with Crippen molar-refractivity contribution >= 4 is 13.7 Å². The SMILES string of the molecule is CCCCCCCCC/C=C/CCCC[C@@H](O)[C@H](COP(=O)([O-])OCC[N+](C)(C)C)NC(=O)CCCCCCCCCCCCCCC. The van der Waals surface area contributed by atoms with E-state index in [0.29, 0.717) is 23.9 Å². The second kappa shape index (κ2) is 32.2. The molecule has 0 aliphatic rings. The second-order valence-corrected chi connectivity index (χ2v) is 16.4. The van der Waals surface area contributed by atoms with E-state index in [1.807, 2.05) is 21.1 Å². The maximum Gasteiger partial charge on any atom is 0.268 e. The van der Waals surface area contributed by atoms with Gasteiger partial charge < -0.3 is 28.8 Å². The summed E-state index contributed by atoms with van der Waals surface area (Å²) < 4.78 is 23.1. The van der Waals surface area contributed by atoms with Crippen molar-refractivity contribution in [2.45, 2.75) is 193 Å². The Morgan fingerprint density at radius 2 is 1.15 bits per heavy atom. The average Bonchev–Trinajstić information content (AvgIpc) is 3.02. The number of carbonyl (C=O) groups excluding carboxylic acids is 1. The van der Waals surface area contributed by atoms with E-state index in [-0.39, 0.29) is 19.1 Å². The highest BCUT2D eigenvalue weighted by Gasteiger charge is 2.24. The summed E-state index contributed by atoms with van der Waals surface area (Å²) in [7, 11) is 1.29. The number of aliphatic hydroxyl groups excluding tert-OH is 1. The topological polar surface area (TPSA) is 108 Å². The quantitative estimate of drug-likeness (QED) is 0.0291. The molecule has 2 N–H and O–H groups in total. The van der Waals surface area contributed by atoms with Crippen molar-refractivity contribution < 1.29 is 32.9 Å². The smallest absolute Gasteiger partial charge is 0.268 e. The summed E-state index contributed by atoms with van der Waals surface area (Å²) in [5, 5.41) is 13.8. The Labute approximate surface area is 297 Å². The van der Waals surface area contributed by atoms with Crippen LogP contribution in [-0.2, 0) is 18.4 Å². The number of allylic oxidation sites excluding steroid dienone is 2. The first-order valence-corrected chi connectivity index (χ1v) is 21.5. The fourth-order valence-corrected chi connectivity index (χ4v) is 6.46. The molecule has 3 atom stereocenters. The number of phosphoric ester groups is 1. The number of phosphoric acid groups is 1. The standard InChI is InChI=1S/C39H79N2O6P/c1-6-8-10-12-14-16-18-20-22-24-26-28-30-32-38(42)37(36-47-48(44,45)46-35-34-41(3,4)5)40-39(43)33-31-29-27-25-23-21-19-17-15-13-11-9-7-2/h22,24,37-38,42H,6-21,23,25-36H2,1-5H3,(H-,40,43,44,45)/b24-22+/t37-,38+/m0/s1. The summed E-state index contributed by atoms with van der Waals surface area (Å²) >= 11 is 0. The van der Waals surface area contributed by atoms with Gasteiger partial charge in [-0.05, 0) is 38.5 Å². The van der Waals surface area contributed by atoms with Crippen LogP contribution in [0.2, 0.25) is 0 Å². The van der Waals surface area contributed by atoms with Crippen LogP contribution in [0.15, 0.2) is 12.2 Å². The molecule has 0 heterocycles. The first kappa shape index (κ1) is 47.2. The molecule has 0 aromatic carbocycles. The summed E-state index contributed by atoms with van der Waals surface area (Å²) in [6, 6.07) is -0.809. The monoisotopic (exact) mass is 703 g/mol. The van der Waals surface area contributed by atoms with Crippen LogP contribution < -0.4 is 10.2 Å². The Bertz CT molecular complexity index is 804. The van der Waals surface area contributed by atoms with E-state index in [0.717, 1.165) is 44.9 Å². The molecule has 286 valence electrons. The molecule has 0 aliphatic carbocycles. The predicted molar refractivity (Wildman–Crippen MR) is 201 cm³/mol. The van der Waals surface area contributed by atoms with E-state index in [4.69, 9.17) is 9.05 Å². The zero-order valence-electron chi connectivity index (χ0n) is 32.2. The van der Waals surface area contributed by atoms with E-state index in [2.05, 4.69) is 31.3 Å². The van der Waals surface area contributed by atoms with E-state index in [1.165, 1.54) is 109 Å². The van der Waals surface area contributed by atoms with Crippen molar-refractivity contribution in [3.63, 3.8) is 0 Å². The number of likely N-dealkylation sites (N-methyl/N-ethyl adjacent to an activating group) is 1. The molecule has 0 saturated carbocycles. The average molecular weight is 703 g/mol. The molecule has 0 fully saturated rings. The predicted octanol–water partition coefficient (Wildman–Crippen LogP) is 9.78. The minimum Gasteiger partial charge on any atom is -0.756 e. The molecular formula is C39H79N2O6P. The Hall–Kier alpha value is -0.760. The van der Waals surface area contributed by atoms with Gasteiger partial charge in [-0.15, -0.1) is 0 Å². The summed E-state index contributed by atoms with van der Waals surface area (Å²) in [5.74, 6) is -0.175. The third-order valence-electron chi connectivity index (χ3n) is 9.00. The Morgan fingerprint density at radius 1 is 0.708 bits per heavy atom. The molecule has 1 amide bonds. The second-order valence-electron chi connectivity index (χ2n) is 15.0. The van der Waals surface area contributed by atoms with Gasteiger partial charge >= 0.3 is 0 Å². The molecule has 0 radical (unpaired) electrons. The van der Waals surface area contributed by atoms with Crippen molar-refractivity contribution in [2.24, 2.45) is 0 Å². The third kappa shape index (κ3) is 33.7. The van der Waals surface area contributed by atoms with Gasteiger partial charge in [-0.25, -0.2) is 0 Å². The van der Waals surface area contributed by atoms with Crippen LogP contribution in [0.5, 0.6) is 0 Å². The number of quaternary nitrogens is 1. The van der Waals surface area contributed by atoms with Gasteiger partial charge in [0.25, 0.3) is 7.82 Å². The molecule has 0 aromatic heterocycles. The van der Waals surface area contributed by atoms with Crippen LogP contribution in [-0.4, -0.2) is 68.5 Å². The molecule has 1 unspecified atom stereocenters. The largest absolute Gasteiger partial charge is 0.756 e. The van der Waals surface area contributed by atoms with E-state index < -0.39 is 20.0 Å². The van der Waals surface area contributed by atoms with Crippen molar-refractivity contribution in [2.75, 3.05) is 40.9 Å². The fraction of sp³-hybridized carbons (Fsp3) is 0.923. The molecule has 0 rings (SSSR count). The zero-order chi connectivity index (χ0) is 35.8. The van der Waals surface area contributed by atoms with Gasteiger partial charge in [0, 0.05) is 6.42 Å². The molecule has 48 heavy (non-hydrogen) atoms. The van der Waals surface area contributed by atoms with Gasteiger partial charge in [0.15, 0.2) is 0 Å². The third-order valence-corrected chi connectivity index (χ3v) is 9.97. The van der Waals surface area contributed by atoms with Crippen LogP contribution in [0.1, 0.15) is 181 Å². The molecule has 8 nitrogen and oxygen atoms in total. The lowest BCUT2D eigenvalue weighted by atomic mass is 10.0. The van der Waals surface area contributed by atoms with Gasteiger partial charge in [-0.1, -0.05) is 148 Å². The molecule has 0 spiro atoms. The highest BCUT2D eigenvalue weighted by Crippen LogP contribution is 2.38. The van der Waals surface area contributed by atoms with Crippen molar-refractivity contribution in [1.29, 1.82) is 0 Å². The highest BCUT2D eigenvalue weighted by atomic mass is 31.2. The first-order chi connectivity index (χ1) is 23.0.